The van der Waals surface area contributed by atoms with E-state index in [1.54, 1.807) is 0 Å². The predicted molar refractivity (Wildman–Crippen MR) is 86.5 cm³/mol. The third-order valence-corrected chi connectivity index (χ3v) is 3.66. The number of anilines is 2. The average molecular weight is 276 g/mol. The Hall–Kier alpha value is -1.29. The molecule has 112 valence electrons. The van der Waals surface area contributed by atoms with E-state index in [0.29, 0.717) is 0 Å². The molecule has 2 heterocycles. The minimum Gasteiger partial charge on any atom is -0.370 e. The summed E-state index contributed by atoms with van der Waals surface area (Å²) in [5, 5.41) is 3.36. The van der Waals surface area contributed by atoms with Gasteiger partial charge in [0, 0.05) is 57.2 Å². The molecule has 0 aliphatic carbocycles. The largest absolute Gasteiger partial charge is 0.370 e. The molecule has 0 spiro atoms. The minimum atomic E-state index is 0.757. The van der Waals surface area contributed by atoms with Crippen LogP contribution < -0.4 is 10.2 Å². The fourth-order valence-corrected chi connectivity index (χ4v) is 2.67. The highest BCUT2D eigenvalue weighted by Gasteiger charge is 2.17. The van der Waals surface area contributed by atoms with Crippen LogP contribution in [0, 0.1) is 5.92 Å². The van der Waals surface area contributed by atoms with Crippen molar-refractivity contribution in [2.24, 2.45) is 5.92 Å². The molecule has 2 rings (SSSR count). The topological polar surface area (TPSA) is 31.4 Å². The Morgan fingerprint density at radius 3 is 2.65 bits per heavy atom. The molecule has 0 unspecified atom stereocenters. The molecule has 0 radical (unpaired) electrons. The first-order valence-electron chi connectivity index (χ1n) is 7.86. The van der Waals surface area contributed by atoms with E-state index >= 15 is 0 Å². The molecular formula is C16H28N4. The number of aromatic nitrogens is 1. The molecule has 1 aliphatic rings. The molecule has 1 saturated heterocycles. The van der Waals surface area contributed by atoms with E-state index in [-0.39, 0.29) is 0 Å². The Morgan fingerprint density at radius 2 is 2.00 bits per heavy atom. The fourth-order valence-electron chi connectivity index (χ4n) is 2.67. The van der Waals surface area contributed by atoms with Crippen LogP contribution in [-0.4, -0.2) is 49.2 Å². The predicted octanol–water partition coefficient (Wildman–Crippen LogP) is 2.68. The van der Waals surface area contributed by atoms with Crippen LogP contribution in [0.3, 0.4) is 0 Å². The van der Waals surface area contributed by atoms with Crippen LogP contribution in [0.5, 0.6) is 0 Å². The highest BCUT2D eigenvalue weighted by molar-refractivity contribution is 5.54. The second-order valence-electron chi connectivity index (χ2n) is 6.01. The lowest BCUT2D eigenvalue weighted by Crippen LogP contribution is -2.47. The van der Waals surface area contributed by atoms with Crippen LogP contribution in [0.25, 0.3) is 0 Å². The van der Waals surface area contributed by atoms with E-state index in [4.69, 9.17) is 0 Å². The maximum absolute atomic E-state index is 4.38. The third kappa shape index (κ3) is 4.37. The summed E-state index contributed by atoms with van der Waals surface area (Å²) < 4.78 is 0. The summed E-state index contributed by atoms with van der Waals surface area (Å²) >= 11 is 0. The van der Waals surface area contributed by atoms with E-state index in [0.717, 1.165) is 50.9 Å². The summed E-state index contributed by atoms with van der Waals surface area (Å²) in [5.74, 6) is 1.75. The van der Waals surface area contributed by atoms with Crippen LogP contribution in [0.15, 0.2) is 18.3 Å². The van der Waals surface area contributed by atoms with E-state index in [9.17, 15) is 0 Å². The monoisotopic (exact) mass is 276 g/mol. The van der Waals surface area contributed by atoms with Gasteiger partial charge < -0.3 is 10.2 Å². The van der Waals surface area contributed by atoms with Gasteiger partial charge in [-0.25, -0.2) is 4.98 Å². The van der Waals surface area contributed by atoms with Crippen molar-refractivity contribution in [2.45, 2.75) is 27.2 Å². The zero-order valence-electron chi connectivity index (χ0n) is 13.1. The summed E-state index contributed by atoms with van der Waals surface area (Å²) in [6.45, 7) is 13.5. The molecule has 0 bridgehead atoms. The van der Waals surface area contributed by atoms with Crippen molar-refractivity contribution >= 4 is 11.5 Å². The Labute approximate surface area is 123 Å². The van der Waals surface area contributed by atoms with Crippen molar-refractivity contribution in [3.63, 3.8) is 0 Å². The number of nitrogens with zero attached hydrogens (tertiary/aromatic N) is 3. The van der Waals surface area contributed by atoms with Crippen LogP contribution in [0.2, 0.25) is 0 Å². The Bertz CT molecular complexity index is 397. The maximum atomic E-state index is 4.38. The van der Waals surface area contributed by atoms with Crippen molar-refractivity contribution in [1.29, 1.82) is 0 Å². The van der Waals surface area contributed by atoms with E-state index in [2.05, 4.69) is 53.0 Å². The lowest BCUT2D eigenvalue weighted by Gasteiger charge is -2.36. The molecule has 1 aromatic rings. The molecule has 1 aromatic heterocycles. The normalized spacial score (nSPS) is 16.7. The van der Waals surface area contributed by atoms with Crippen molar-refractivity contribution in [2.75, 3.05) is 49.5 Å². The Kier molecular flexibility index (Phi) is 5.65. The zero-order valence-corrected chi connectivity index (χ0v) is 13.1. The summed E-state index contributed by atoms with van der Waals surface area (Å²) in [6.07, 6.45) is 3.04. The number of nitrogens with one attached hydrogen (secondary N) is 1. The van der Waals surface area contributed by atoms with Crippen LogP contribution in [0.1, 0.15) is 27.2 Å². The van der Waals surface area contributed by atoms with Crippen molar-refractivity contribution < 1.29 is 0 Å². The van der Waals surface area contributed by atoms with Crippen molar-refractivity contribution in [3.8, 4) is 0 Å². The SMILES string of the molecule is CCCNc1cc(N2CCN(CC(C)C)CC2)ccn1. The van der Waals surface area contributed by atoms with Gasteiger partial charge in [0.25, 0.3) is 0 Å². The smallest absolute Gasteiger partial charge is 0.127 e. The van der Waals surface area contributed by atoms with Gasteiger partial charge in [0.05, 0.1) is 0 Å². The first kappa shape index (κ1) is 15.1. The van der Waals surface area contributed by atoms with Crippen LogP contribution in [0.4, 0.5) is 11.5 Å². The lowest BCUT2D eigenvalue weighted by molar-refractivity contribution is 0.231. The fraction of sp³-hybridized carbons (Fsp3) is 0.688. The molecule has 1 aliphatic heterocycles. The molecule has 0 atom stereocenters. The molecule has 1 N–H and O–H groups in total. The van der Waals surface area contributed by atoms with Gasteiger partial charge in [-0.1, -0.05) is 20.8 Å². The van der Waals surface area contributed by atoms with E-state index < -0.39 is 0 Å². The molecular weight excluding hydrogens is 248 g/mol. The summed E-state index contributed by atoms with van der Waals surface area (Å²) in [7, 11) is 0. The summed E-state index contributed by atoms with van der Waals surface area (Å²) in [6, 6.07) is 4.29. The first-order valence-corrected chi connectivity index (χ1v) is 7.86. The van der Waals surface area contributed by atoms with E-state index in [1.165, 1.54) is 12.2 Å². The number of piperazine rings is 1. The van der Waals surface area contributed by atoms with E-state index in [1.807, 2.05) is 6.20 Å². The van der Waals surface area contributed by atoms with Gasteiger partial charge in [-0.05, 0) is 18.4 Å². The molecule has 1 fully saturated rings. The highest BCUT2D eigenvalue weighted by Crippen LogP contribution is 2.19. The number of pyridine rings is 1. The molecule has 4 nitrogen and oxygen atoms in total. The van der Waals surface area contributed by atoms with Gasteiger partial charge in [0.15, 0.2) is 0 Å². The number of hydrogen-bond acceptors (Lipinski definition) is 4. The molecule has 4 heteroatoms. The van der Waals surface area contributed by atoms with Gasteiger partial charge >= 0.3 is 0 Å². The highest BCUT2D eigenvalue weighted by atomic mass is 15.3. The second-order valence-corrected chi connectivity index (χ2v) is 6.01. The summed E-state index contributed by atoms with van der Waals surface area (Å²) in [4.78, 5) is 9.41. The van der Waals surface area contributed by atoms with Gasteiger partial charge in [-0.15, -0.1) is 0 Å². The van der Waals surface area contributed by atoms with Gasteiger partial charge in [-0.2, -0.15) is 0 Å². The minimum absolute atomic E-state index is 0.757. The van der Waals surface area contributed by atoms with Gasteiger partial charge in [0.1, 0.15) is 5.82 Å². The van der Waals surface area contributed by atoms with Crippen molar-refractivity contribution in [1.82, 2.24) is 9.88 Å². The number of rotatable bonds is 6. The molecule has 0 aromatic carbocycles. The van der Waals surface area contributed by atoms with Gasteiger partial charge in [-0.3, -0.25) is 4.90 Å². The summed E-state index contributed by atoms with van der Waals surface area (Å²) in [5.41, 5.74) is 1.29. The Balaban J connectivity index is 1.89. The Morgan fingerprint density at radius 1 is 1.25 bits per heavy atom. The molecule has 0 saturated carbocycles. The second kappa shape index (κ2) is 7.48. The average Bonchev–Trinajstić information content (AvgIpc) is 2.45. The molecule has 20 heavy (non-hydrogen) atoms. The van der Waals surface area contributed by atoms with Crippen molar-refractivity contribution in [3.05, 3.63) is 18.3 Å². The standard InChI is InChI=1S/C16H28N4/c1-4-6-17-16-12-15(5-7-18-16)20-10-8-19(9-11-20)13-14(2)3/h5,7,12,14H,4,6,8-11,13H2,1-3H3,(H,17,18). The third-order valence-electron chi connectivity index (χ3n) is 3.66. The zero-order chi connectivity index (χ0) is 14.4. The quantitative estimate of drug-likeness (QED) is 0.865. The first-order chi connectivity index (χ1) is 9.69. The lowest BCUT2D eigenvalue weighted by atomic mass is 10.2. The number of hydrogen-bond donors (Lipinski definition) is 1. The maximum Gasteiger partial charge on any atom is 0.127 e. The van der Waals surface area contributed by atoms with Crippen LogP contribution in [-0.2, 0) is 0 Å². The van der Waals surface area contributed by atoms with Gasteiger partial charge in [0.2, 0.25) is 0 Å². The molecule has 0 amide bonds. The van der Waals surface area contributed by atoms with Crippen LogP contribution >= 0.6 is 0 Å².